The summed E-state index contributed by atoms with van der Waals surface area (Å²) in [5, 5.41) is 4.68. The molecule has 1 saturated heterocycles. The van der Waals surface area contributed by atoms with Gasteiger partial charge in [-0.25, -0.2) is 13.2 Å². The van der Waals surface area contributed by atoms with Gasteiger partial charge >= 0.3 is 6.03 Å². The third kappa shape index (κ3) is 3.45. The Balaban J connectivity index is 1.53. The maximum Gasteiger partial charge on any atom is 0.325 e. The molecule has 1 aliphatic rings. The van der Waals surface area contributed by atoms with Crippen LogP contribution < -0.4 is 5.32 Å². The first-order chi connectivity index (χ1) is 14.3. The molecule has 0 saturated carbocycles. The predicted octanol–water partition coefficient (Wildman–Crippen LogP) is 3.47. The minimum Gasteiger partial charge on any atom is -0.319 e. The summed E-state index contributed by atoms with van der Waals surface area (Å²) in [6, 6.07) is 21.0. The van der Waals surface area contributed by atoms with Crippen molar-refractivity contribution < 1.29 is 18.0 Å². The van der Waals surface area contributed by atoms with Gasteiger partial charge in [-0.15, -0.1) is 0 Å². The van der Waals surface area contributed by atoms with Crippen molar-refractivity contribution >= 4 is 32.5 Å². The third-order valence-electron chi connectivity index (χ3n) is 5.50. The number of hydrogen-bond acceptors (Lipinski definition) is 4. The highest BCUT2D eigenvalue weighted by Gasteiger charge is 2.49. The van der Waals surface area contributed by atoms with Crippen molar-refractivity contribution in [2.45, 2.75) is 23.8 Å². The predicted molar refractivity (Wildman–Crippen MR) is 115 cm³/mol. The highest BCUT2D eigenvalue weighted by atomic mass is 32.2. The van der Waals surface area contributed by atoms with E-state index in [2.05, 4.69) is 5.32 Å². The van der Waals surface area contributed by atoms with Gasteiger partial charge in [-0.2, -0.15) is 0 Å². The Labute approximate surface area is 175 Å². The summed E-state index contributed by atoms with van der Waals surface area (Å²) in [6.45, 7) is 1.73. The molecule has 0 aromatic heterocycles. The van der Waals surface area contributed by atoms with Gasteiger partial charge in [0.15, 0.2) is 9.84 Å². The molecule has 1 fully saturated rings. The maximum absolute atomic E-state index is 13.2. The Morgan fingerprint density at radius 3 is 2.33 bits per heavy atom. The van der Waals surface area contributed by atoms with Crippen LogP contribution in [0.2, 0.25) is 0 Å². The number of carbonyl (C=O) groups is 2. The first-order valence-corrected chi connectivity index (χ1v) is 11.4. The van der Waals surface area contributed by atoms with Crippen molar-refractivity contribution in [2.24, 2.45) is 0 Å². The minimum absolute atomic E-state index is 0.0388. The van der Waals surface area contributed by atoms with Gasteiger partial charge in [0.25, 0.3) is 5.91 Å². The van der Waals surface area contributed by atoms with Gasteiger partial charge < -0.3 is 5.32 Å². The van der Waals surface area contributed by atoms with E-state index in [1.165, 1.54) is 0 Å². The van der Waals surface area contributed by atoms with Crippen LogP contribution in [0.25, 0.3) is 10.8 Å². The molecule has 1 unspecified atom stereocenters. The summed E-state index contributed by atoms with van der Waals surface area (Å²) < 4.78 is 24.9. The van der Waals surface area contributed by atoms with E-state index < -0.39 is 21.4 Å². The fourth-order valence-electron chi connectivity index (χ4n) is 3.90. The summed E-state index contributed by atoms with van der Waals surface area (Å²) in [5.41, 5.74) is -0.477. The lowest BCUT2D eigenvalue weighted by Gasteiger charge is -2.24. The smallest absolute Gasteiger partial charge is 0.319 e. The van der Waals surface area contributed by atoms with Gasteiger partial charge in [-0.3, -0.25) is 9.69 Å². The zero-order valence-corrected chi connectivity index (χ0v) is 17.4. The van der Waals surface area contributed by atoms with E-state index in [9.17, 15) is 18.0 Å². The Bertz CT molecular complexity index is 1220. The summed E-state index contributed by atoms with van der Waals surface area (Å²) in [6.07, 6.45) is 0.169. The van der Waals surface area contributed by atoms with Crippen LogP contribution in [0.15, 0.2) is 77.7 Å². The van der Waals surface area contributed by atoms with Crippen LogP contribution in [-0.2, 0) is 20.2 Å². The van der Waals surface area contributed by atoms with Crippen LogP contribution in [0.4, 0.5) is 4.79 Å². The Hall–Kier alpha value is -3.19. The van der Waals surface area contributed by atoms with Crippen LogP contribution in [0.1, 0.15) is 18.9 Å². The largest absolute Gasteiger partial charge is 0.325 e. The second kappa shape index (κ2) is 7.57. The zero-order chi connectivity index (χ0) is 21.4. The number of nitrogens with one attached hydrogen (secondary N) is 1. The number of hydrogen-bond donors (Lipinski definition) is 1. The molecule has 4 rings (SSSR count). The molecule has 3 aromatic carbocycles. The van der Waals surface area contributed by atoms with E-state index in [1.807, 2.05) is 42.5 Å². The highest BCUT2D eigenvalue weighted by Crippen LogP contribution is 2.33. The Kier molecular flexibility index (Phi) is 5.07. The summed E-state index contributed by atoms with van der Waals surface area (Å²) in [4.78, 5) is 27.1. The van der Waals surface area contributed by atoms with Gasteiger partial charge in [0.2, 0.25) is 0 Å². The lowest BCUT2D eigenvalue weighted by atomic mass is 9.88. The summed E-state index contributed by atoms with van der Waals surface area (Å²) >= 11 is 0. The van der Waals surface area contributed by atoms with Gasteiger partial charge in [-0.1, -0.05) is 60.7 Å². The Morgan fingerprint density at radius 2 is 1.57 bits per heavy atom. The molecule has 1 aliphatic heterocycles. The van der Waals surface area contributed by atoms with Crippen LogP contribution in [-0.4, -0.2) is 37.6 Å². The number of benzene rings is 3. The summed E-state index contributed by atoms with van der Waals surface area (Å²) in [5.74, 6) is -0.514. The standard InChI is InChI=1S/C23H22N2O4S/c1-23(20-14-7-10-17-9-5-6-13-19(17)20)21(26)25(22(27)24-23)15-8-16-30(28,29)18-11-3-2-4-12-18/h2-7,9-14H,8,15-16H2,1H3,(H,24,27). The van der Waals surface area contributed by atoms with E-state index in [1.54, 1.807) is 37.3 Å². The fraction of sp³-hybridized carbons (Fsp3) is 0.217. The molecule has 1 N–H and O–H groups in total. The van der Waals surface area contributed by atoms with Crippen LogP contribution in [0, 0.1) is 0 Å². The highest BCUT2D eigenvalue weighted by molar-refractivity contribution is 7.91. The van der Waals surface area contributed by atoms with E-state index in [0.29, 0.717) is 0 Å². The average Bonchev–Trinajstić information content (AvgIpc) is 2.97. The lowest BCUT2D eigenvalue weighted by Crippen LogP contribution is -2.41. The quantitative estimate of drug-likeness (QED) is 0.617. The zero-order valence-electron chi connectivity index (χ0n) is 16.5. The second-order valence-electron chi connectivity index (χ2n) is 7.52. The van der Waals surface area contributed by atoms with Crippen LogP contribution >= 0.6 is 0 Å². The molecule has 3 aromatic rings. The van der Waals surface area contributed by atoms with E-state index in [4.69, 9.17) is 0 Å². The molecule has 30 heavy (non-hydrogen) atoms. The molecule has 1 atom stereocenters. The second-order valence-corrected chi connectivity index (χ2v) is 9.63. The maximum atomic E-state index is 13.2. The monoisotopic (exact) mass is 422 g/mol. The van der Waals surface area contributed by atoms with Gasteiger partial charge in [0.05, 0.1) is 10.6 Å². The SMILES string of the molecule is CC1(c2cccc3ccccc23)NC(=O)N(CCCS(=O)(=O)c2ccccc2)C1=O. The minimum atomic E-state index is -3.47. The van der Waals surface area contributed by atoms with Crippen molar-refractivity contribution in [3.63, 3.8) is 0 Å². The molecule has 0 spiro atoms. The number of fused-ring (bicyclic) bond motifs is 1. The molecule has 0 bridgehead atoms. The van der Waals surface area contributed by atoms with Gasteiger partial charge in [0, 0.05) is 6.54 Å². The molecular weight excluding hydrogens is 400 g/mol. The number of rotatable bonds is 6. The summed E-state index contributed by atoms with van der Waals surface area (Å²) in [7, 11) is -3.47. The van der Waals surface area contributed by atoms with Crippen molar-refractivity contribution in [1.82, 2.24) is 10.2 Å². The topological polar surface area (TPSA) is 83.6 Å². The van der Waals surface area contributed by atoms with E-state index in [-0.39, 0.29) is 29.5 Å². The third-order valence-corrected chi connectivity index (χ3v) is 7.32. The van der Waals surface area contributed by atoms with E-state index >= 15 is 0 Å². The van der Waals surface area contributed by atoms with Crippen molar-refractivity contribution in [3.05, 3.63) is 78.4 Å². The molecular formula is C23H22N2O4S. The molecule has 6 nitrogen and oxygen atoms in total. The molecule has 1 heterocycles. The molecule has 0 radical (unpaired) electrons. The number of urea groups is 1. The first kappa shape index (κ1) is 20.1. The van der Waals surface area contributed by atoms with Crippen LogP contribution in [0.5, 0.6) is 0 Å². The number of imide groups is 1. The fourth-order valence-corrected chi connectivity index (χ4v) is 5.22. The number of nitrogens with zero attached hydrogens (tertiary/aromatic N) is 1. The number of sulfone groups is 1. The molecule has 0 aliphatic carbocycles. The van der Waals surface area contributed by atoms with Gasteiger partial charge in [0.1, 0.15) is 5.54 Å². The number of amides is 3. The van der Waals surface area contributed by atoms with Crippen molar-refractivity contribution in [2.75, 3.05) is 12.3 Å². The van der Waals surface area contributed by atoms with E-state index in [0.717, 1.165) is 21.2 Å². The molecule has 7 heteroatoms. The first-order valence-electron chi connectivity index (χ1n) is 9.73. The van der Waals surface area contributed by atoms with Crippen molar-refractivity contribution in [1.29, 1.82) is 0 Å². The number of carbonyl (C=O) groups excluding carboxylic acids is 2. The van der Waals surface area contributed by atoms with Crippen molar-refractivity contribution in [3.8, 4) is 0 Å². The average molecular weight is 423 g/mol. The molecule has 3 amide bonds. The van der Waals surface area contributed by atoms with Gasteiger partial charge in [-0.05, 0) is 41.8 Å². The Morgan fingerprint density at radius 1 is 0.900 bits per heavy atom. The van der Waals surface area contributed by atoms with Crippen LogP contribution in [0.3, 0.4) is 0 Å². The lowest BCUT2D eigenvalue weighted by molar-refractivity contribution is -0.131. The normalized spacial score (nSPS) is 19.3. The molecule has 154 valence electrons.